The molecule has 1 rings (SSSR count). The lowest BCUT2D eigenvalue weighted by molar-refractivity contribution is 0.302. The molecule has 0 saturated carbocycles. The standard InChI is InChI=1S/C16H25BrO/c1-3-7-14(2)8-5-4-6-13-18-16-11-9-15(17)10-12-16/h9-12,14H,3-8,13H2,1-2H3. The second-order valence-electron chi connectivity index (χ2n) is 5.05. The molecule has 1 atom stereocenters. The third-order valence-corrected chi connectivity index (χ3v) is 3.73. The van der Waals surface area contributed by atoms with Crippen LogP contribution in [0.25, 0.3) is 0 Å². The number of hydrogen-bond acceptors (Lipinski definition) is 1. The molecule has 2 heteroatoms. The Labute approximate surface area is 120 Å². The summed E-state index contributed by atoms with van der Waals surface area (Å²) in [6.45, 7) is 5.47. The highest BCUT2D eigenvalue weighted by Gasteiger charge is 2.00. The van der Waals surface area contributed by atoms with Crippen LogP contribution in [0, 0.1) is 5.92 Å². The summed E-state index contributed by atoms with van der Waals surface area (Å²) in [6, 6.07) is 8.05. The Bertz CT molecular complexity index is 307. The molecule has 0 aromatic heterocycles. The van der Waals surface area contributed by atoms with Gasteiger partial charge >= 0.3 is 0 Å². The van der Waals surface area contributed by atoms with Gasteiger partial charge in [0.1, 0.15) is 5.75 Å². The number of rotatable bonds is 9. The third-order valence-electron chi connectivity index (χ3n) is 3.21. The summed E-state index contributed by atoms with van der Waals surface area (Å²) < 4.78 is 6.79. The first-order chi connectivity index (χ1) is 8.72. The maximum Gasteiger partial charge on any atom is 0.119 e. The van der Waals surface area contributed by atoms with Gasteiger partial charge in [-0.2, -0.15) is 0 Å². The van der Waals surface area contributed by atoms with Crippen molar-refractivity contribution in [2.75, 3.05) is 6.61 Å². The molecular formula is C16H25BrO. The fourth-order valence-electron chi connectivity index (χ4n) is 2.13. The van der Waals surface area contributed by atoms with Crippen molar-refractivity contribution in [3.8, 4) is 5.75 Å². The van der Waals surface area contributed by atoms with Crippen LogP contribution in [0.2, 0.25) is 0 Å². The molecule has 0 N–H and O–H groups in total. The first-order valence-electron chi connectivity index (χ1n) is 7.10. The van der Waals surface area contributed by atoms with Crippen LogP contribution < -0.4 is 4.74 Å². The third kappa shape index (κ3) is 7.05. The van der Waals surface area contributed by atoms with E-state index in [1.807, 2.05) is 24.3 Å². The van der Waals surface area contributed by atoms with E-state index in [9.17, 15) is 0 Å². The number of unbranched alkanes of at least 4 members (excludes halogenated alkanes) is 2. The van der Waals surface area contributed by atoms with E-state index in [1.165, 1.54) is 32.1 Å². The van der Waals surface area contributed by atoms with E-state index in [2.05, 4.69) is 29.8 Å². The second-order valence-corrected chi connectivity index (χ2v) is 5.96. The molecule has 0 radical (unpaired) electrons. The van der Waals surface area contributed by atoms with Gasteiger partial charge in [-0.25, -0.2) is 0 Å². The van der Waals surface area contributed by atoms with Gasteiger partial charge in [0.2, 0.25) is 0 Å². The Morgan fingerprint density at radius 1 is 1.06 bits per heavy atom. The molecule has 0 saturated heterocycles. The van der Waals surface area contributed by atoms with Crippen molar-refractivity contribution in [1.82, 2.24) is 0 Å². The van der Waals surface area contributed by atoms with Gasteiger partial charge in [0, 0.05) is 4.47 Å². The summed E-state index contributed by atoms with van der Waals surface area (Å²) >= 11 is 3.42. The summed E-state index contributed by atoms with van der Waals surface area (Å²) in [6.07, 6.45) is 7.83. The average molecular weight is 313 g/mol. The normalized spacial score (nSPS) is 12.4. The zero-order chi connectivity index (χ0) is 13.2. The SMILES string of the molecule is CCCC(C)CCCCCOc1ccc(Br)cc1. The van der Waals surface area contributed by atoms with Crippen LogP contribution in [0.5, 0.6) is 5.75 Å². The minimum Gasteiger partial charge on any atom is -0.494 e. The van der Waals surface area contributed by atoms with Crippen LogP contribution in [0.4, 0.5) is 0 Å². The largest absolute Gasteiger partial charge is 0.494 e. The van der Waals surface area contributed by atoms with Crippen molar-refractivity contribution in [3.63, 3.8) is 0 Å². The minimum atomic E-state index is 0.837. The summed E-state index contributed by atoms with van der Waals surface area (Å²) in [5.41, 5.74) is 0. The molecule has 18 heavy (non-hydrogen) atoms. The van der Waals surface area contributed by atoms with Gasteiger partial charge in [-0.15, -0.1) is 0 Å². The smallest absolute Gasteiger partial charge is 0.119 e. The average Bonchev–Trinajstić information content (AvgIpc) is 2.36. The van der Waals surface area contributed by atoms with E-state index in [1.54, 1.807) is 0 Å². The van der Waals surface area contributed by atoms with Crippen molar-refractivity contribution >= 4 is 15.9 Å². The molecule has 0 bridgehead atoms. The lowest BCUT2D eigenvalue weighted by atomic mass is 9.99. The van der Waals surface area contributed by atoms with E-state index in [0.29, 0.717) is 0 Å². The summed E-state index contributed by atoms with van der Waals surface area (Å²) in [5.74, 6) is 1.86. The number of halogens is 1. The monoisotopic (exact) mass is 312 g/mol. The Morgan fingerprint density at radius 3 is 2.44 bits per heavy atom. The Kier molecular flexibility index (Phi) is 8.15. The molecule has 0 heterocycles. The van der Waals surface area contributed by atoms with Gasteiger partial charge in [-0.1, -0.05) is 61.9 Å². The molecule has 0 fully saturated rings. The lowest BCUT2D eigenvalue weighted by Crippen LogP contribution is -1.98. The molecule has 1 aromatic carbocycles. The van der Waals surface area contributed by atoms with Gasteiger partial charge in [0.05, 0.1) is 6.61 Å². The first-order valence-corrected chi connectivity index (χ1v) is 7.90. The van der Waals surface area contributed by atoms with Crippen molar-refractivity contribution in [3.05, 3.63) is 28.7 Å². The summed E-state index contributed by atoms with van der Waals surface area (Å²) in [7, 11) is 0. The Morgan fingerprint density at radius 2 is 1.78 bits per heavy atom. The van der Waals surface area contributed by atoms with E-state index in [4.69, 9.17) is 4.74 Å². The van der Waals surface area contributed by atoms with Crippen LogP contribution in [0.3, 0.4) is 0 Å². The summed E-state index contributed by atoms with van der Waals surface area (Å²) in [4.78, 5) is 0. The van der Waals surface area contributed by atoms with Gasteiger partial charge in [-0.3, -0.25) is 0 Å². The highest BCUT2D eigenvalue weighted by molar-refractivity contribution is 9.10. The molecule has 1 unspecified atom stereocenters. The van der Waals surface area contributed by atoms with E-state index in [0.717, 1.165) is 29.2 Å². The minimum absolute atomic E-state index is 0.837. The second kappa shape index (κ2) is 9.43. The predicted octanol–water partition coefficient (Wildman–Crippen LogP) is 5.82. The van der Waals surface area contributed by atoms with Crippen molar-refractivity contribution < 1.29 is 4.74 Å². The molecule has 1 aromatic rings. The molecular weight excluding hydrogens is 288 g/mol. The van der Waals surface area contributed by atoms with Gasteiger partial charge in [0.25, 0.3) is 0 Å². The molecule has 0 aliphatic heterocycles. The van der Waals surface area contributed by atoms with Crippen molar-refractivity contribution in [1.29, 1.82) is 0 Å². The van der Waals surface area contributed by atoms with Crippen molar-refractivity contribution in [2.24, 2.45) is 5.92 Å². The summed E-state index contributed by atoms with van der Waals surface area (Å²) in [5, 5.41) is 0. The zero-order valence-corrected chi connectivity index (χ0v) is 13.2. The Hall–Kier alpha value is -0.500. The fourth-order valence-corrected chi connectivity index (χ4v) is 2.39. The van der Waals surface area contributed by atoms with E-state index in [-0.39, 0.29) is 0 Å². The van der Waals surface area contributed by atoms with Crippen LogP contribution in [0.15, 0.2) is 28.7 Å². The molecule has 0 spiro atoms. The highest BCUT2D eigenvalue weighted by Crippen LogP contribution is 2.17. The quantitative estimate of drug-likeness (QED) is 0.522. The van der Waals surface area contributed by atoms with Crippen LogP contribution >= 0.6 is 15.9 Å². The van der Waals surface area contributed by atoms with Gasteiger partial charge < -0.3 is 4.74 Å². The van der Waals surface area contributed by atoms with Gasteiger partial charge in [-0.05, 0) is 36.6 Å². The molecule has 0 amide bonds. The first kappa shape index (κ1) is 15.6. The molecule has 1 nitrogen and oxygen atoms in total. The number of benzene rings is 1. The lowest BCUT2D eigenvalue weighted by Gasteiger charge is -2.09. The Balaban J connectivity index is 2.00. The fraction of sp³-hybridized carbons (Fsp3) is 0.625. The van der Waals surface area contributed by atoms with E-state index >= 15 is 0 Å². The molecule has 0 aliphatic rings. The maximum atomic E-state index is 5.69. The van der Waals surface area contributed by atoms with Crippen LogP contribution in [-0.2, 0) is 0 Å². The predicted molar refractivity (Wildman–Crippen MR) is 82.2 cm³/mol. The molecule has 102 valence electrons. The number of hydrogen-bond donors (Lipinski definition) is 0. The van der Waals surface area contributed by atoms with Crippen molar-refractivity contribution in [2.45, 2.75) is 52.4 Å². The topological polar surface area (TPSA) is 9.23 Å². The van der Waals surface area contributed by atoms with Gasteiger partial charge in [0.15, 0.2) is 0 Å². The van der Waals surface area contributed by atoms with Crippen LogP contribution in [-0.4, -0.2) is 6.61 Å². The van der Waals surface area contributed by atoms with E-state index < -0.39 is 0 Å². The zero-order valence-electron chi connectivity index (χ0n) is 11.6. The molecule has 0 aliphatic carbocycles. The van der Waals surface area contributed by atoms with Crippen LogP contribution in [0.1, 0.15) is 52.4 Å². The maximum absolute atomic E-state index is 5.69. The highest BCUT2D eigenvalue weighted by atomic mass is 79.9. The number of ether oxygens (including phenoxy) is 1.